The van der Waals surface area contributed by atoms with Gasteiger partial charge in [0.05, 0.1) is 10.7 Å². The maximum Gasteiger partial charge on any atom is 0.267 e. The molecule has 5 nitrogen and oxygen atoms in total. The largest absolute Gasteiger partial charge is 0.479 e. The number of anilines is 2. The lowest BCUT2D eigenvalue weighted by Gasteiger charge is -2.23. The van der Waals surface area contributed by atoms with Gasteiger partial charge in [-0.05, 0) is 43.3 Å². The molecule has 2 amide bonds. The summed E-state index contributed by atoms with van der Waals surface area (Å²) in [5.74, 6) is -0.518. The Balaban J connectivity index is 1.62. The van der Waals surface area contributed by atoms with Crippen LogP contribution in [0.5, 0.6) is 5.75 Å². The van der Waals surface area contributed by atoms with Gasteiger partial charge < -0.3 is 15.4 Å². The Kier molecular flexibility index (Phi) is 4.05. The van der Waals surface area contributed by atoms with Crippen molar-refractivity contribution in [1.82, 2.24) is 0 Å². The SMILES string of the molecule is C[C@@H]1Oc2ccc(NC(=O)c3sc4cc(F)ccc4c3Cl)cc2NC1=O. The summed E-state index contributed by atoms with van der Waals surface area (Å²) >= 11 is 7.39. The van der Waals surface area contributed by atoms with E-state index in [0.29, 0.717) is 32.1 Å². The predicted octanol–water partition coefficient (Wildman–Crippen LogP) is 4.67. The Morgan fingerprint density at radius 2 is 2.12 bits per heavy atom. The quantitative estimate of drug-likeness (QED) is 0.668. The van der Waals surface area contributed by atoms with Crippen LogP contribution in [0.2, 0.25) is 5.02 Å². The van der Waals surface area contributed by atoms with Crippen molar-refractivity contribution in [1.29, 1.82) is 0 Å². The van der Waals surface area contributed by atoms with Crippen molar-refractivity contribution in [3.8, 4) is 5.75 Å². The number of ether oxygens (including phenoxy) is 1. The van der Waals surface area contributed by atoms with Gasteiger partial charge >= 0.3 is 0 Å². The zero-order valence-corrected chi connectivity index (χ0v) is 15.0. The lowest BCUT2D eigenvalue weighted by molar-refractivity contribution is -0.122. The van der Waals surface area contributed by atoms with Crippen molar-refractivity contribution in [2.24, 2.45) is 0 Å². The summed E-state index contributed by atoms with van der Waals surface area (Å²) in [6, 6.07) is 9.14. The van der Waals surface area contributed by atoms with Crippen molar-refractivity contribution in [3.05, 3.63) is 52.1 Å². The zero-order valence-electron chi connectivity index (χ0n) is 13.4. The van der Waals surface area contributed by atoms with Crippen molar-refractivity contribution >= 4 is 56.2 Å². The molecule has 132 valence electrons. The third-order valence-electron chi connectivity index (χ3n) is 3.97. The molecule has 4 rings (SSSR count). The molecular formula is C18H12ClFN2O3S. The lowest BCUT2D eigenvalue weighted by Crippen LogP contribution is -2.34. The summed E-state index contributed by atoms with van der Waals surface area (Å²) in [5, 5.41) is 6.37. The van der Waals surface area contributed by atoms with Crippen molar-refractivity contribution in [2.45, 2.75) is 13.0 Å². The van der Waals surface area contributed by atoms with Gasteiger partial charge in [-0.1, -0.05) is 11.6 Å². The van der Waals surface area contributed by atoms with Gasteiger partial charge in [-0.2, -0.15) is 0 Å². The van der Waals surface area contributed by atoms with Crippen LogP contribution in [0.15, 0.2) is 36.4 Å². The second-order valence-corrected chi connectivity index (χ2v) is 7.23. The van der Waals surface area contributed by atoms with E-state index in [2.05, 4.69) is 10.6 Å². The van der Waals surface area contributed by atoms with E-state index in [4.69, 9.17) is 16.3 Å². The lowest BCUT2D eigenvalue weighted by atomic mass is 10.2. The highest BCUT2D eigenvalue weighted by Crippen LogP contribution is 2.37. The minimum atomic E-state index is -0.569. The number of hydrogen-bond acceptors (Lipinski definition) is 4. The average Bonchev–Trinajstić information content (AvgIpc) is 2.92. The molecule has 1 aliphatic rings. The molecule has 2 heterocycles. The van der Waals surface area contributed by atoms with Gasteiger partial charge in [0.25, 0.3) is 11.8 Å². The summed E-state index contributed by atoms with van der Waals surface area (Å²) < 4.78 is 19.4. The van der Waals surface area contributed by atoms with Crippen LogP contribution in [0, 0.1) is 5.82 Å². The molecule has 0 bridgehead atoms. The number of hydrogen-bond donors (Lipinski definition) is 2. The van der Waals surface area contributed by atoms with Crippen LogP contribution >= 0.6 is 22.9 Å². The van der Waals surface area contributed by atoms with E-state index in [-0.39, 0.29) is 16.7 Å². The summed E-state index contributed by atoms with van der Waals surface area (Å²) in [5.41, 5.74) is 0.960. The monoisotopic (exact) mass is 390 g/mol. The zero-order chi connectivity index (χ0) is 18.4. The highest BCUT2D eigenvalue weighted by Gasteiger charge is 2.24. The van der Waals surface area contributed by atoms with Crippen molar-refractivity contribution in [3.63, 3.8) is 0 Å². The number of amides is 2. The van der Waals surface area contributed by atoms with Gasteiger partial charge in [0.2, 0.25) is 0 Å². The van der Waals surface area contributed by atoms with E-state index >= 15 is 0 Å². The molecule has 1 aromatic heterocycles. The average molecular weight is 391 g/mol. The Bertz CT molecular complexity index is 1070. The van der Waals surface area contributed by atoms with Crippen LogP contribution in [-0.4, -0.2) is 17.9 Å². The van der Waals surface area contributed by atoms with Gasteiger partial charge in [-0.25, -0.2) is 4.39 Å². The smallest absolute Gasteiger partial charge is 0.267 e. The minimum absolute atomic E-state index is 0.254. The van der Waals surface area contributed by atoms with Crippen LogP contribution in [0.4, 0.5) is 15.8 Å². The van der Waals surface area contributed by atoms with Gasteiger partial charge in [-0.15, -0.1) is 11.3 Å². The first-order valence-corrected chi connectivity index (χ1v) is 8.92. The number of halogens is 2. The van der Waals surface area contributed by atoms with Crippen molar-refractivity contribution in [2.75, 3.05) is 10.6 Å². The number of benzene rings is 2. The molecule has 0 unspecified atom stereocenters. The molecule has 26 heavy (non-hydrogen) atoms. The molecule has 2 aromatic carbocycles. The summed E-state index contributed by atoms with van der Waals surface area (Å²) in [4.78, 5) is 24.6. The fourth-order valence-electron chi connectivity index (χ4n) is 2.66. The number of carbonyl (C=O) groups is 2. The summed E-state index contributed by atoms with van der Waals surface area (Å²) in [6.45, 7) is 1.65. The summed E-state index contributed by atoms with van der Waals surface area (Å²) in [7, 11) is 0. The standard InChI is InChI=1S/C18H12ClFN2O3S/c1-8-17(23)22-12-7-10(3-5-13(12)25-8)21-18(24)16-15(19)11-4-2-9(20)6-14(11)26-16/h2-8H,1H3,(H,21,24)(H,22,23)/t8-/m0/s1. The molecule has 0 saturated carbocycles. The van der Waals surface area contributed by atoms with Gasteiger partial charge in [-0.3, -0.25) is 9.59 Å². The molecule has 1 atom stereocenters. The maximum atomic E-state index is 13.4. The molecule has 3 aromatic rings. The van der Waals surface area contributed by atoms with Crippen LogP contribution in [-0.2, 0) is 4.79 Å². The van der Waals surface area contributed by atoms with Crippen LogP contribution in [0.25, 0.3) is 10.1 Å². The molecular weight excluding hydrogens is 379 g/mol. The second-order valence-electron chi connectivity index (χ2n) is 5.80. The third-order valence-corrected chi connectivity index (χ3v) is 5.62. The van der Waals surface area contributed by atoms with Crippen molar-refractivity contribution < 1.29 is 18.7 Å². The number of thiophene rings is 1. The van der Waals surface area contributed by atoms with E-state index in [9.17, 15) is 14.0 Å². The van der Waals surface area contributed by atoms with E-state index in [1.807, 2.05) is 0 Å². The molecule has 0 saturated heterocycles. The minimum Gasteiger partial charge on any atom is -0.479 e. The van der Waals surface area contributed by atoms with Gasteiger partial charge in [0.1, 0.15) is 16.4 Å². The van der Waals surface area contributed by atoms with E-state index < -0.39 is 12.0 Å². The first-order chi connectivity index (χ1) is 12.4. The molecule has 0 radical (unpaired) electrons. The topological polar surface area (TPSA) is 67.4 Å². The van der Waals surface area contributed by atoms with E-state index in [0.717, 1.165) is 11.3 Å². The molecule has 0 fully saturated rings. The fourth-order valence-corrected chi connectivity index (χ4v) is 4.10. The highest BCUT2D eigenvalue weighted by atomic mass is 35.5. The Morgan fingerprint density at radius 1 is 1.31 bits per heavy atom. The number of fused-ring (bicyclic) bond motifs is 2. The van der Waals surface area contributed by atoms with Crippen LogP contribution in [0.1, 0.15) is 16.6 Å². The molecule has 2 N–H and O–H groups in total. The van der Waals surface area contributed by atoms with Crippen LogP contribution in [0.3, 0.4) is 0 Å². The number of nitrogens with one attached hydrogen (secondary N) is 2. The first kappa shape index (κ1) is 16.8. The number of carbonyl (C=O) groups excluding carboxylic acids is 2. The van der Waals surface area contributed by atoms with E-state index in [1.165, 1.54) is 12.1 Å². The number of rotatable bonds is 2. The maximum absolute atomic E-state index is 13.4. The normalized spacial score (nSPS) is 16.0. The second kappa shape index (κ2) is 6.26. The Labute approximate surface area is 156 Å². The molecule has 0 spiro atoms. The van der Waals surface area contributed by atoms with E-state index in [1.54, 1.807) is 31.2 Å². The van der Waals surface area contributed by atoms with Crippen LogP contribution < -0.4 is 15.4 Å². The fraction of sp³-hybridized carbons (Fsp3) is 0.111. The highest BCUT2D eigenvalue weighted by molar-refractivity contribution is 7.21. The third kappa shape index (κ3) is 2.89. The first-order valence-electron chi connectivity index (χ1n) is 7.73. The molecule has 1 aliphatic heterocycles. The molecule has 8 heteroatoms. The molecule has 0 aliphatic carbocycles. The Hall–Kier alpha value is -2.64. The Morgan fingerprint density at radius 3 is 2.92 bits per heavy atom. The van der Waals surface area contributed by atoms with Gasteiger partial charge in [0, 0.05) is 15.8 Å². The van der Waals surface area contributed by atoms with Gasteiger partial charge in [0.15, 0.2) is 6.10 Å². The summed E-state index contributed by atoms with van der Waals surface area (Å²) in [6.07, 6.45) is -0.569. The predicted molar refractivity (Wildman–Crippen MR) is 99.9 cm³/mol.